The third-order valence-electron chi connectivity index (χ3n) is 2.89. The molecule has 1 aromatic carbocycles. The van der Waals surface area contributed by atoms with E-state index in [0.717, 1.165) is 11.5 Å². The van der Waals surface area contributed by atoms with Gasteiger partial charge in [-0.1, -0.05) is 6.07 Å². The maximum absolute atomic E-state index is 11.5. The van der Waals surface area contributed by atoms with Crippen molar-refractivity contribution in [2.45, 2.75) is 12.8 Å². The lowest BCUT2D eigenvalue weighted by Gasteiger charge is -2.08. The molecular weight excluding hydrogens is 270 g/mol. The summed E-state index contributed by atoms with van der Waals surface area (Å²) < 4.78 is 10.8. The highest BCUT2D eigenvalue weighted by atomic mass is 16.5. The summed E-state index contributed by atoms with van der Waals surface area (Å²) in [6.07, 6.45) is 1.11. The third kappa shape index (κ3) is 4.61. The van der Waals surface area contributed by atoms with Crippen molar-refractivity contribution >= 4 is 0 Å². The van der Waals surface area contributed by atoms with Gasteiger partial charge in [-0.2, -0.15) is 0 Å². The van der Waals surface area contributed by atoms with Crippen LogP contribution in [0.5, 0.6) is 11.5 Å². The van der Waals surface area contributed by atoms with Crippen molar-refractivity contribution in [3.63, 3.8) is 0 Å². The van der Waals surface area contributed by atoms with Crippen molar-refractivity contribution in [2.24, 2.45) is 5.73 Å². The summed E-state index contributed by atoms with van der Waals surface area (Å²) >= 11 is 0. The van der Waals surface area contributed by atoms with Crippen LogP contribution in [0.1, 0.15) is 11.5 Å². The Morgan fingerprint density at radius 3 is 2.81 bits per heavy atom. The minimum Gasteiger partial charge on any atom is -0.497 e. The molecule has 112 valence electrons. The van der Waals surface area contributed by atoms with E-state index < -0.39 is 0 Å². The Morgan fingerprint density at radius 1 is 1.24 bits per heavy atom. The van der Waals surface area contributed by atoms with E-state index in [-0.39, 0.29) is 5.56 Å². The topological polar surface area (TPSA) is 90.2 Å². The zero-order valence-corrected chi connectivity index (χ0v) is 12.0. The molecule has 0 aliphatic heterocycles. The molecule has 0 saturated carbocycles. The Kier molecular flexibility index (Phi) is 5.34. The van der Waals surface area contributed by atoms with Gasteiger partial charge in [-0.3, -0.25) is 4.79 Å². The molecule has 2 aromatic rings. The first-order chi connectivity index (χ1) is 10.2. The van der Waals surface area contributed by atoms with Crippen molar-refractivity contribution in [3.05, 3.63) is 52.2 Å². The fraction of sp³-hybridized carbons (Fsp3) is 0.333. The molecule has 0 saturated heterocycles. The Bertz CT molecular complexity index is 640. The standard InChI is InChI=1S/C15H19N3O3/c1-20-12-3-2-4-13(10-12)21-8-6-14-17-11(5-7-16)9-15(19)18-14/h2-4,9-10H,5-8,16H2,1H3,(H,17,18,19). The highest BCUT2D eigenvalue weighted by Gasteiger charge is 2.02. The maximum atomic E-state index is 11.5. The average molecular weight is 289 g/mol. The van der Waals surface area contributed by atoms with E-state index in [1.165, 1.54) is 6.07 Å². The number of H-pyrrole nitrogens is 1. The van der Waals surface area contributed by atoms with E-state index in [9.17, 15) is 4.79 Å². The van der Waals surface area contributed by atoms with Gasteiger partial charge in [0.05, 0.1) is 13.7 Å². The molecule has 0 aliphatic rings. The van der Waals surface area contributed by atoms with Gasteiger partial charge in [0, 0.05) is 30.7 Å². The molecule has 6 nitrogen and oxygen atoms in total. The van der Waals surface area contributed by atoms with Crippen LogP contribution in [0, 0.1) is 0 Å². The highest BCUT2D eigenvalue weighted by Crippen LogP contribution is 2.18. The van der Waals surface area contributed by atoms with Crippen LogP contribution >= 0.6 is 0 Å². The Morgan fingerprint density at radius 2 is 2.05 bits per heavy atom. The second-order valence-electron chi connectivity index (χ2n) is 4.50. The normalized spacial score (nSPS) is 10.4. The van der Waals surface area contributed by atoms with Gasteiger partial charge in [0.2, 0.25) is 0 Å². The average Bonchev–Trinajstić information content (AvgIpc) is 2.47. The first-order valence-electron chi connectivity index (χ1n) is 6.77. The van der Waals surface area contributed by atoms with Crippen molar-refractivity contribution in [1.29, 1.82) is 0 Å². The molecule has 0 aliphatic carbocycles. The van der Waals surface area contributed by atoms with Gasteiger partial charge >= 0.3 is 0 Å². The second kappa shape index (κ2) is 7.44. The predicted octanol–water partition coefficient (Wildman–Crippen LogP) is 0.901. The van der Waals surface area contributed by atoms with E-state index in [4.69, 9.17) is 15.2 Å². The number of nitrogens with one attached hydrogen (secondary N) is 1. The molecule has 0 atom stereocenters. The van der Waals surface area contributed by atoms with Gasteiger partial charge in [0.15, 0.2) is 0 Å². The van der Waals surface area contributed by atoms with Crippen LogP contribution in [0.25, 0.3) is 0 Å². The van der Waals surface area contributed by atoms with Crippen LogP contribution in [0.15, 0.2) is 35.1 Å². The number of rotatable bonds is 7. The van der Waals surface area contributed by atoms with E-state index in [2.05, 4.69) is 9.97 Å². The fourth-order valence-corrected chi connectivity index (χ4v) is 1.91. The Hall–Kier alpha value is -2.34. The number of benzene rings is 1. The quantitative estimate of drug-likeness (QED) is 0.790. The Balaban J connectivity index is 1.95. The van der Waals surface area contributed by atoms with E-state index in [1.807, 2.05) is 18.2 Å². The number of aromatic nitrogens is 2. The summed E-state index contributed by atoms with van der Waals surface area (Å²) in [5.41, 5.74) is 6.02. The molecule has 0 fully saturated rings. The number of hydrogen-bond acceptors (Lipinski definition) is 5. The molecule has 1 heterocycles. The Labute approximate surface area is 122 Å². The number of methoxy groups -OCH3 is 1. The molecule has 1 aromatic heterocycles. The van der Waals surface area contributed by atoms with Gasteiger partial charge in [0.25, 0.3) is 5.56 Å². The number of nitrogens with zero attached hydrogens (tertiary/aromatic N) is 1. The zero-order valence-electron chi connectivity index (χ0n) is 12.0. The fourth-order valence-electron chi connectivity index (χ4n) is 1.91. The van der Waals surface area contributed by atoms with E-state index >= 15 is 0 Å². The van der Waals surface area contributed by atoms with Crippen molar-refractivity contribution < 1.29 is 9.47 Å². The van der Waals surface area contributed by atoms with Crippen molar-refractivity contribution in [3.8, 4) is 11.5 Å². The van der Waals surface area contributed by atoms with Crippen LogP contribution in [0.3, 0.4) is 0 Å². The van der Waals surface area contributed by atoms with Crippen LogP contribution in [-0.4, -0.2) is 30.2 Å². The zero-order chi connectivity index (χ0) is 15.1. The lowest BCUT2D eigenvalue weighted by molar-refractivity contribution is 0.315. The van der Waals surface area contributed by atoms with Crippen LogP contribution in [-0.2, 0) is 12.8 Å². The predicted molar refractivity (Wildman–Crippen MR) is 79.8 cm³/mol. The lowest BCUT2D eigenvalue weighted by atomic mass is 10.3. The molecule has 21 heavy (non-hydrogen) atoms. The molecule has 0 unspecified atom stereocenters. The van der Waals surface area contributed by atoms with Gasteiger partial charge in [-0.15, -0.1) is 0 Å². The molecule has 0 bridgehead atoms. The lowest BCUT2D eigenvalue weighted by Crippen LogP contribution is -2.16. The molecule has 6 heteroatoms. The number of hydrogen-bond donors (Lipinski definition) is 2. The smallest absolute Gasteiger partial charge is 0.251 e. The minimum atomic E-state index is -0.162. The largest absolute Gasteiger partial charge is 0.497 e. The number of ether oxygens (including phenoxy) is 2. The number of nitrogens with two attached hydrogens (primary N) is 1. The molecule has 3 N–H and O–H groups in total. The summed E-state index contributed by atoms with van der Waals surface area (Å²) in [4.78, 5) is 18.6. The summed E-state index contributed by atoms with van der Waals surface area (Å²) in [6.45, 7) is 0.887. The summed E-state index contributed by atoms with van der Waals surface area (Å²) in [5.74, 6) is 2.06. The van der Waals surface area contributed by atoms with Crippen LogP contribution in [0.2, 0.25) is 0 Å². The van der Waals surface area contributed by atoms with Crippen LogP contribution < -0.4 is 20.8 Å². The van der Waals surface area contributed by atoms with Gasteiger partial charge in [-0.05, 0) is 18.7 Å². The maximum Gasteiger partial charge on any atom is 0.251 e. The molecule has 0 amide bonds. The van der Waals surface area contributed by atoms with Gasteiger partial charge in [0.1, 0.15) is 17.3 Å². The van der Waals surface area contributed by atoms with Crippen molar-refractivity contribution in [2.75, 3.05) is 20.3 Å². The number of aromatic amines is 1. The first kappa shape index (κ1) is 15.1. The van der Waals surface area contributed by atoms with E-state index in [1.54, 1.807) is 13.2 Å². The summed E-state index contributed by atoms with van der Waals surface area (Å²) in [5, 5.41) is 0. The molecule has 0 radical (unpaired) electrons. The molecule has 0 spiro atoms. The summed E-state index contributed by atoms with van der Waals surface area (Å²) in [6, 6.07) is 8.84. The monoisotopic (exact) mass is 289 g/mol. The van der Waals surface area contributed by atoms with Gasteiger partial charge < -0.3 is 20.2 Å². The molecular formula is C15H19N3O3. The van der Waals surface area contributed by atoms with Crippen LogP contribution in [0.4, 0.5) is 0 Å². The van der Waals surface area contributed by atoms with Gasteiger partial charge in [-0.25, -0.2) is 4.98 Å². The summed E-state index contributed by atoms with van der Waals surface area (Å²) in [7, 11) is 1.61. The van der Waals surface area contributed by atoms with E-state index in [0.29, 0.717) is 37.5 Å². The molecule has 2 rings (SSSR count). The third-order valence-corrected chi connectivity index (χ3v) is 2.89. The van der Waals surface area contributed by atoms with Crippen molar-refractivity contribution in [1.82, 2.24) is 9.97 Å². The first-order valence-corrected chi connectivity index (χ1v) is 6.77. The minimum absolute atomic E-state index is 0.162. The SMILES string of the molecule is COc1cccc(OCCc2nc(CCN)cc(=O)[nH]2)c1. The second-order valence-corrected chi connectivity index (χ2v) is 4.50. The highest BCUT2D eigenvalue weighted by molar-refractivity contribution is 5.32.